The van der Waals surface area contributed by atoms with Gasteiger partial charge in [-0.3, -0.25) is 0 Å². The van der Waals surface area contributed by atoms with Gasteiger partial charge < -0.3 is 19.9 Å². The van der Waals surface area contributed by atoms with Gasteiger partial charge in [0.15, 0.2) is 5.82 Å². The topological polar surface area (TPSA) is 136 Å². The summed E-state index contributed by atoms with van der Waals surface area (Å²) < 4.78 is 41.4. The smallest absolute Gasteiger partial charge is 0.240 e. The first kappa shape index (κ1) is 23.0. The number of hydrogen-bond donors (Lipinski definition) is 3. The van der Waals surface area contributed by atoms with Crippen LogP contribution in [0, 0.1) is 0 Å². The molecule has 2 aromatic carbocycles. The lowest BCUT2D eigenvalue weighted by atomic mass is 10.3. The molecular formula is C19H21ClN5O4PS. The van der Waals surface area contributed by atoms with Crippen LogP contribution in [0.5, 0.6) is 5.75 Å². The zero-order valence-electron chi connectivity index (χ0n) is 17.0. The number of primary sulfonamides is 1. The fourth-order valence-electron chi connectivity index (χ4n) is 2.70. The lowest BCUT2D eigenvalue weighted by Crippen LogP contribution is -2.14. The average molecular weight is 482 g/mol. The molecule has 0 fully saturated rings. The first-order valence-corrected chi connectivity index (χ1v) is 13.4. The van der Waals surface area contributed by atoms with E-state index in [2.05, 4.69) is 20.6 Å². The minimum absolute atomic E-state index is 0.0972. The van der Waals surface area contributed by atoms with Crippen molar-refractivity contribution < 1.29 is 17.7 Å². The monoisotopic (exact) mass is 481 g/mol. The minimum Gasteiger partial charge on any atom is -0.495 e. The Morgan fingerprint density at radius 3 is 2.45 bits per heavy atom. The van der Waals surface area contributed by atoms with Crippen LogP contribution in [0.4, 0.5) is 23.1 Å². The third-order valence-corrected chi connectivity index (χ3v) is 7.01. The van der Waals surface area contributed by atoms with E-state index in [1.165, 1.54) is 19.4 Å². The van der Waals surface area contributed by atoms with Crippen molar-refractivity contribution in [2.45, 2.75) is 4.90 Å². The maximum absolute atomic E-state index is 12.3. The van der Waals surface area contributed by atoms with Crippen LogP contribution < -0.4 is 25.8 Å². The number of nitrogens with two attached hydrogens (primary N) is 1. The number of para-hydroxylation sites is 1. The number of aromatic nitrogens is 2. The third kappa shape index (κ3) is 5.54. The van der Waals surface area contributed by atoms with Crippen molar-refractivity contribution in [2.24, 2.45) is 5.14 Å². The molecule has 0 aliphatic heterocycles. The van der Waals surface area contributed by atoms with E-state index in [-0.39, 0.29) is 27.4 Å². The predicted octanol–water partition coefficient (Wildman–Crippen LogP) is 3.52. The first-order valence-electron chi connectivity index (χ1n) is 8.91. The highest BCUT2D eigenvalue weighted by Crippen LogP contribution is 2.38. The Hall–Kier alpha value is -2.65. The quantitative estimate of drug-likeness (QED) is 0.436. The Bertz CT molecular complexity index is 1280. The lowest BCUT2D eigenvalue weighted by molar-refractivity contribution is 0.417. The van der Waals surface area contributed by atoms with Crippen molar-refractivity contribution in [3.63, 3.8) is 0 Å². The van der Waals surface area contributed by atoms with Gasteiger partial charge in [-0.25, -0.2) is 18.5 Å². The molecule has 164 valence electrons. The van der Waals surface area contributed by atoms with Crippen molar-refractivity contribution in [3.05, 3.63) is 53.7 Å². The van der Waals surface area contributed by atoms with E-state index in [9.17, 15) is 13.0 Å². The molecule has 0 radical (unpaired) electrons. The van der Waals surface area contributed by atoms with Gasteiger partial charge in [-0.2, -0.15) is 4.98 Å². The van der Waals surface area contributed by atoms with Crippen LogP contribution in [-0.4, -0.2) is 38.8 Å². The number of anilines is 4. The fraction of sp³-hybridized carbons (Fsp3) is 0.158. The molecule has 0 atom stereocenters. The molecule has 0 bridgehead atoms. The van der Waals surface area contributed by atoms with Crippen molar-refractivity contribution in [3.8, 4) is 5.75 Å². The van der Waals surface area contributed by atoms with E-state index in [1.54, 1.807) is 49.7 Å². The fourth-order valence-corrected chi connectivity index (χ4v) is 4.39. The summed E-state index contributed by atoms with van der Waals surface area (Å²) in [6.07, 6.45) is 1.37. The molecule has 0 aliphatic rings. The van der Waals surface area contributed by atoms with Crippen molar-refractivity contribution >= 4 is 57.2 Å². The van der Waals surface area contributed by atoms with E-state index in [0.29, 0.717) is 16.7 Å². The summed E-state index contributed by atoms with van der Waals surface area (Å²) in [4.78, 5) is 8.37. The number of sulfonamides is 1. The standard InChI is InChI=1S/C19H21ClN5O4PS/c1-29-16-10-12(30(2,3)26)8-9-14(16)24-19-22-11-13(20)18(25-19)23-15-6-4-5-7-17(15)31(21,27)28/h4-11H,1-3H3,(H2,21,27,28)(H2,22,23,24,25). The molecule has 0 unspecified atom stereocenters. The van der Waals surface area contributed by atoms with Crippen molar-refractivity contribution in [2.75, 3.05) is 31.1 Å². The van der Waals surface area contributed by atoms with Crippen LogP contribution in [0.3, 0.4) is 0 Å². The number of benzene rings is 2. The third-order valence-electron chi connectivity index (χ3n) is 4.24. The van der Waals surface area contributed by atoms with Gasteiger partial charge in [-0.05, 0) is 43.7 Å². The number of nitrogens with one attached hydrogen (secondary N) is 2. The van der Waals surface area contributed by atoms with Gasteiger partial charge in [0.25, 0.3) is 0 Å². The molecule has 0 aliphatic carbocycles. The summed E-state index contributed by atoms with van der Waals surface area (Å²) in [5.41, 5.74) is 0.776. The van der Waals surface area contributed by atoms with Crippen molar-refractivity contribution in [1.82, 2.24) is 9.97 Å². The van der Waals surface area contributed by atoms with Crippen LogP contribution in [0.2, 0.25) is 5.02 Å². The molecule has 0 saturated carbocycles. The van der Waals surface area contributed by atoms with Gasteiger partial charge in [0, 0.05) is 5.30 Å². The highest BCUT2D eigenvalue weighted by atomic mass is 35.5. The number of hydrogen-bond acceptors (Lipinski definition) is 8. The van der Waals surface area contributed by atoms with E-state index in [1.807, 2.05) is 0 Å². The van der Waals surface area contributed by atoms with E-state index < -0.39 is 17.2 Å². The van der Waals surface area contributed by atoms with Crippen LogP contribution in [-0.2, 0) is 14.6 Å². The summed E-state index contributed by atoms with van der Waals surface area (Å²) in [5, 5.41) is 12.0. The predicted molar refractivity (Wildman–Crippen MR) is 124 cm³/mol. The molecule has 1 aromatic heterocycles. The van der Waals surface area contributed by atoms with Gasteiger partial charge >= 0.3 is 0 Å². The molecule has 9 nitrogen and oxygen atoms in total. The average Bonchev–Trinajstić information content (AvgIpc) is 2.69. The molecular weight excluding hydrogens is 461 g/mol. The number of nitrogens with zero attached hydrogens (tertiary/aromatic N) is 2. The molecule has 3 rings (SSSR count). The number of rotatable bonds is 7. The number of halogens is 1. The largest absolute Gasteiger partial charge is 0.495 e. The Morgan fingerprint density at radius 2 is 1.81 bits per heavy atom. The van der Waals surface area contributed by atoms with Gasteiger partial charge in [-0.1, -0.05) is 23.7 Å². The molecule has 0 saturated heterocycles. The maximum Gasteiger partial charge on any atom is 0.240 e. The first-order chi connectivity index (χ1) is 14.5. The molecule has 3 aromatic rings. The van der Waals surface area contributed by atoms with Crippen LogP contribution in [0.1, 0.15) is 0 Å². The van der Waals surface area contributed by atoms with Crippen LogP contribution in [0.15, 0.2) is 53.6 Å². The lowest BCUT2D eigenvalue weighted by Gasteiger charge is -2.15. The van der Waals surface area contributed by atoms with Crippen molar-refractivity contribution in [1.29, 1.82) is 0 Å². The highest BCUT2D eigenvalue weighted by Gasteiger charge is 2.17. The van der Waals surface area contributed by atoms with Gasteiger partial charge in [-0.15, -0.1) is 0 Å². The SMILES string of the molecule is COc1cc(P(C)(C)=O)ccc1Nc1ncc(Cl)c(Nc2ccccc2S(N)(=O)=O)n1. The van der Waals surface area contributed by atoms with Gasteiger partial charge in [0.2, 0.25) is 16.0 Å². The molecule has 31 heavy (non-hydrogen) atoms. The van der Waals surface area contributed by atoms with E-state index in [4.69, 9.17) is 21.5 Å². The summed E-state index contributed by atoms with van der Waals surface area (Å²) in [7, 11) is -4.91. The number of ether oxygens (including phenoxy) is 1. The Morgan fingerprint density at radius 1 is 1.10 bits per heavy atom. The summed E-state index contributed by atoms with van der Waals surface area (Å²) in [6.45, 7) is 3.35. The zero-order chi connectivity index (χ0) is 22.8. The molecule has 0 amide bonds. The Balaban J connectivity index is 1.94. The van der Waals surface area contributed by atoms with Gasteiger partial charge in [0.1, 0.15) is 22.8 Å². The second-order valence-corrected chi connectivity index (χ2v) is 12.1. The summed E-state index contributed by atoms with van der Waals surface area (Å²) >= 11 is 6.19. The molecule has 0 spiro atoms. The molecule has 4 N–H and O–H groups in total. The zero-order valence-corrected chi connectivity index (χ0v) is 19.4. The highest BCUT2D eigenvalue weighted by molar-refractivity contribution is 7.89. The minimum atomic E-state index is -3.95. The maximum atomic E-state index is 12.3. The second-order valence-electron chi connectivity index (χ2n) is 6.92. The van der Waals surface area contributed by atoms with Crippen LogP contribution >= 0.6 is 18.7 Å². The number of methoxy groups -OCH3 is 1. The summed E-state index contributed by atoms with van der Waals surface area (Å²) in [6, 6.07) is 11.3. The molecule has 1 heterocycles. The Labute approximate surface area is 185 Å². The van der Waals surface area contributed by atoms with Gasteiger partial charge in [0.05, 0.1) is 24.7 Å². The summed E-state index contributed by atoms with van der Waals surface area (Å²) in [5.74, 6) is 0.828. The second kappa shape index (κ2) is 8.84. The normalized spacial score (nSPS) is 11.8. The molecule has 12 heteroatoms. The Kier molecular flexibility index (Phi) is 6.56. The van der Waals surface area contributed by atoms with E-state index >= 15 is 0 Å². The van der Waals surface area contributed by atoms with Crippen LogP contribution in [0.25, 0.3) is 0 Å². The van der Waals surface area contributed by atoms with E-state index in [0.717, 1.165) is 0 Å².